The molecule has 0 heterocycles. The summed E-state index contributed by atoms with van der Waals surface area (Å²) in [7, 11) is 1.77. The number of aliphatic imine (C=N–C) groups is 1. The van der Waals surface area contributed by atoms with Crippen molar-refractivity contribution in [1.82, 2.24) is 0 Å². The molecule has 0 amide bonds. The average molecular weight is 168 g/mol. The van der Waals surface area contributed by atoms with Gasteiger partial charge in [-0.1, -0.05) is 23.7 Å². The van der Waals surface area contributed by atoms with E-state index in [0.29, 0.717) is 0 Å². The van der Waals surface area contributed by atoms with Gasteiger partial charge in [-0.3, -0.25) is 0 Å². The van der Waals surface area contributed by atoms with Crippen LogP contribution in [0.3, 0.4) is 0 Å². The first-order valence-corrected chi connectivity index (χ1v) is 3.86. The molecule has 2 heteroatoms. The van der Waals surface area contributed by atoms with Crippen LogP contribution in [0.1, 0.15) is 5.56 Å². The van der Waals surface area contributed by atoms with Gasteiger partial charge in [0, 0.05) is 24.7 Å². The minimum atomic E-state index is 0.784. The third kappa shape index (κ3) is 2.72. The molecule has 11 heavy (non-hydrogen) atoms. The first kappa shape index (κ1) is 8.28. The summed E-state index contributed by atoms with van der Waals surface area (Å²) in [4.78, 5) is 3.89. The summed E-state index contributed by atoms with van der Waals surface area (Å²) in [6.45, 7) is 0. The maximum Gasteiger partial charge on any atom is 0.0408 e. The van der Waals surface area contributed by atoms with Crippen LogP contribution in [0.15, 0.2) is 29.3 Å². The largest absolute Gasteiger partial charge is 0.301 e. The van der Waals surface area contributed by atoms with Crippen molar-refractivity contribution >= 4 is 17.8 Å². The lowest BCUT2D eigenvalue weighted by Gasteiger charge is -1.94. The Hall–Kier alpha value is -0.820. The molecule has 0 N–H and O–H groups in total. The van der Waals surface area contributed by atoms with Crippen molar-refractivity contribution in [3.8, 4) is 0 Å². The number of nitrogens with zero attached hydrogens (tertiary/aromatic N) is 1. The number of halogens is 1. The predicted molar refractivity (Wildman–Crippen MR) is 49.6 cm³/mol. The van der Waals surface area contributed by atoms with E-state index in [1.54, 1.807) is 7.05 Å². The van der Waals surface area contributed by atoms with E-state index in [1.165, 1.54) is 5.56 Å². The van der Waals surface area contributed by atoms with Crippen molar-refractivity contribution in [3.63, 3.8) is 0 Å². The zero-order chi connectivity index (χ0) is 8.10. The molecular formula is C9H10ClN. The highest BCUT2D eigenvalue weighted by Gasteiger charge is 1.89. The Morgan fingerprint density at radius 2 is 2.36 bits per heavy atom. The van der Waals surface area contributed by atoms with E-state index in [1.807, 2.05) is 30.5 Å². The van der Waals surface area contributed by atoms with Crippen molar-refractivity contribution < 1.29 is 0 Å². The van der Waals surface area contributed by atoms with E-state index in [9.17, 15) is 0 Å². The Bertz CT molecular complexity index is 255. The molecule has 1 aromatic carbocycles. The topological polar surface area (TPSA) is 12.4 Å². The zero-order valence-electron chi connectivity index (χ0n) is 6.42. The van der Waals surface area contributed by atoms with Gasteiger partial charge in [-0.2, -0.15) is 0 Å². The molecule has 58 valence electrons. The second-order valence-corrected chi connectivity index (χ2v) is 2.71. The molecular weight excluding hydrogens is 158 g/mol. The number of rotatable bonds is 2. The summed E-state index contributed by atoms with van der Waals surface area (Å²) in [5.74, 6) is 0. The Morgan fingerprint density at radius 3 is 3.00 bits per heavy atom. The van der Waals surface area contributed by atoms with Crippen molar-refractivity contribution in [2.75, 3.05) is 7.05 Å². The fourth-order valence-electron chi connectivity index (χ4n) is 0.861. The first-order valence-electron chi connectivity index (χ1n) is 3.48. The van der Waals surface area contributed by atoms with Crippen molar-refractivity contribution in [2.45, 2.75) is 6.42 Å². The van der Waals surface area contributed by atoms with Crippen LogP contribution in [0.5, 0.6) is 0 Å². The van der Waals surface area contributed by atoms with Crippen LogP contribution < -0.4 is 0 Å². The fraction of sp³-hybridized carbons (Fsp3) is 0.222. The lowest BCUT2D eigenvalue weighted by Crippen LogP contribution is -1.84. The molecule has 0 saturated carbocycles. The number of hydrogen-bond donors (Lipinski definition) is 0. The highest BCUT2D eigenvalue weighted by molar-refractivity contribution is 6.30. The first-order chi connectivity index (χ1) is 5.33. The minimum Gasteiger partial charge on any atom is -0.301 e. The maximum atomic E-state index is 5.78. The molecule has 1 nitrogen and oxygen atoms in total. The smallest absolute Gasteiger partial charge is 0.0408 e. The molecule has 0 spiro atoms. The van der Waals surface area contributed by atoms with Gasteiger partial charge >= 0.3 is 0 Å². The predicted octanol–water partition coefficient (Wildman–Crippen LogP) is 2.58. The molecule has 0 aliphatic rings. The molecule has 0 saturated heterocycles. The van der Waals surface area contributed by atoms with E-state index >= 15 is 0 Å². The standard InChI is InChI=1S/C9H10ClN/c1-11-6-5-8-3-2-4-9(10)7-8/h2-4,6-7H,5H2,1H3. The van der Waals surface area contributed by atoms with Crippen LogP contribution in [-0.2, 0) is 6.42 Å². The van der Waals surface area contributed by atoms with Gasteiger partial charge in [-0.25, -0.2) is 0 Å². The fourth-order valence-corrected chi connectivity index (χ4v) is 1.07. The van der Waals surface area contributed by atoms with Gasteiger partial charge in [0.05, 0.1) is 0 Å². The van der Waals surface area contributed by atoms with E-state index in [-0.39, 0.29) is 0 Å². The van der Waals surface area contributed by atoms with Gasteiger partial charge in [0.15, 0.2) is 0 Å². The molecule has 1 rings (SSSR count). The van der Waals surface area contributed by atoms with Crippen LogP contribution in [0.2, 0.25) is 5.02 Å². The SMILES string of the molecule is CN=CCc1cccc(Cl)c1. The summed E-state index contributed by atoms with van der Waals surface area (Å²) in [5.41, 5.74) is 1.20. The Kier molecular flexibility index (Phi) is 3.12. The van der Waals surface area contributed by atoms with Gasteiger partial charge in [-0.05, 0) is 17.7 Å². The van der Waals surface area contributed by atoms with Gasteiger partial charge in [0.2, 0.25) is 0 Å². The minimum absolute atomic E-state index is 0.784. The summed E-state index contributed by atoms with van der Waals surface area (Å²) in [6.07, 6.45) is 2.72. The van der Waals surface area contributed by atoms with Crippen LogP contribution in [0.25, 0.3) is 0 Å². The molecule has 0 atom stereocenters. The molecule has 0 aliphatic carbocycles. The quantitative estimate of drug-likeness (QED) is 0.601. The molecule has 0 radical (unpaired) electrons. The Labute approximate surface area is 71.7 Å². The maximum absolute atomic E-state index is 5.78. The van der Waals surface area contributed by atoms with Crippen LogP contribution in [-0.4, -0.2) is 13.3 Å². The second-order valence-electron chi connectivity index (χ2n) is 2.27. The molecule has 0 fully saturated rings. The summed E-state index contributed by atoms with van der Waals surface area (Å²) in [6, 6.07) is 7.80. The third-order valence-corrected chi connectivity index (χ3v) is 1.63. The lowest BCUT2D eigenvalue weighted by atomic mass is 10.2. The highest BCUT2D eigenvalue weighted by Crippen LogP contribution is 2.10. The highest BCUT2D eigenvalue weighted by atomic mass is 35.5. The molecule has 0 aromatic heterocycles. The van der Waals surface area contributed by atoms with E-state index in [0.717, 1.165) is 11.4 Å². The van der Waals surface area contributed by atoms with Gasteiger partial charge < -0.3 is 4.99 Å². The van der Waals surface area contributed by atoms with Crippen molar-refractivity contribution in [1.29, 1.82) is 0 Å². The molecule has 0 aliphatic heterocycles. The summed E-state index contributed by atoms with van der Waals surface area (Å²) < 4.78 is 0. The van der Waals surface area contributed by atoms with Crippen LogP contribution >= 0.6 is 11.6 Å². The summed E-state index contributed by atoms with van der Waals surface area (Å²) in [5, 5.41) is 0.784. The summed E-state index contributed by atoms with van der Waals surface area (Å²) >= 11 is 5.78. The number of hydrogen-bond acceptors (Lipinski definition) is 1. The van der Waals surface area contributed by atoms with Crippen LogP contribution in [0.4, 0.5) is 0 Å². The zero-order valence-corrected chi connectivity index (χ0v) is 7.17. The molecule has 1 aromatic rings. The van der Waals surface area contributed by atoms with Gasteiger partial charge in [0.25, 0.3) is 0 Å². The lowest BCUT2D eigenvalue weighted by molar-refractivity contribution is 1.32. The Morgan fingerprint density at radius 1 is 1.55 bits per heavy atom. The van der Waals surface area contributed by atoms with E-state index < -0.39 is 0 Å². The average Bonchev–Trinajstić information content (AvgIpc) is 2.01. The third-order valence-electron chi connectivity index (χ3n) is 1.40. The second kappa shape index (κ2) is 4.14. The van der Waals surface area contributed by atoms with Crippen LogP contribution in [0, 0.1) is 0 Å². The van der Waals surface area contributed by atoms with E-state index in [4.69, 9.17) is 11.6 Å². The van der Waals surface area contributed by atoms with Gasteiger partial charge in [0.1, 0.15) is 0 Å². The molecule has 0 bridgehead atoms. The van der Waals surface area contributed by atoms with Crippen molar-refractivity contribution in [3.05, 3.63) is 34.9 Å². The Balaban J connectivity index is 2.71. The monoisotopic (exact) mass is 167 g/mol. The normalized spacial score (nSPS) is 10.7. The van der Waals surface area contributed by atoms with Gasteiger partial charge in [-0.15, -0.1) is 0 Å². The number of benzene rings is 1. The van der Waals surface area contributed by atoms with Crippen molar-refractivity contribution in [2.24, 2.45) is 4.99 Å². The van der Waals surface area contributed by atoms with E-state index in [2.05, 4.69) is 4.99 Å². The molecule has 0 unspecified atom stereocenters.